The van der Waals surface area contributed by atoms with Crippen LogP contribution in [0.1, 0.15) is 31.2 Å². The number of nitrogens with zero attached hydrogens (tertiary/aromatic N) is 1. The van der Waals surface area contributed by atoms with Gasteiger partial charge in [-0.1, -0.05) is 18.2 Å². The van der Waals surface area contributed by atoms with Crippen molar-refractivity contribution in [3.05, 3.63) is 35.9 Å². The fraction of sp³-hybridized carbons (Fsp3) is 0.429. The molecule has 80 valence electrons. The van der Waals surface area contributed by atoms with E-state index in [1.807, 2.05) is 0 Å². The molecule has 1 aliphatic carbocycles. The first-order valence-electron chi connectivity index (χ1n) is 5.74. The van der Waals surface area contributed by atoms with Gasteiger partial charge in [0.1, 0.15) is 0 Å². The average molecular weight is 201 g/mol. The van der Waals surface area contributed by atoms with Crippen molar-refractivity contribution >= 4 is 11.3 Å². The van der Waals surface area contributed by atoms with E-state index in [1.54, 1.807) is 0 Å². The Labute approximate surface area is 92.4 Å². The molecule has 1 nitrogen and oxygen atoms in total. The van der Waals surface area contributed by atoms with Crippen LogP contribution in [0, 0.1) is 0 Å². The van der Waals surface area contributed by atoms with E-state index in [1.165, 1.54) is 42.5 Å². The van der Waals surface area contributed by atoms with E-state index in [2.05, 4.69) is 49.3 Å². The highest BCUT2D eigenvalue weighted by Gasteiger charge is 2.05. The van der Waals surface area contributed by atoms with Gasteiger partial charge in [-0.15, -0.1) is 0 Å². The lowest BCUT2D eigenvalue weighted by Gasteiger charge is -2.15. The van der Waals surface area contributed by atoms with E-state index >= 15 is 0 Å². The Morgan fingerprint density at radius 3 is 2.27 bits per heavy atom. The summed E-state index contributed by atoms with van der Waals surface area (Å²) < 4.78 is 0. The van der Waals surface area contributed by atoms with Crippen LogP contribution in [0.2, 0.25) is 0 Å². The molecule has 15 heavy (non-hydrogen) atoms. The molecule has 0 bridgehead atoms. The summed E-state index contributed by atoms with van der Waals surface area (Å²) in [6, 6.07) is 8.88. The fourth-order valence-electron chi connectivity index (χ4n) is 2.07. The van der Waals surface area contributed by atoms with Crippen molar-refractivity contribution < 1.29 is 0 Å². The van der Waals surface area contributed by atoms with Gasteiger partial charge in [0.2, 0.25) is 0 Å². The second-order valence-electron chi connectivity index (χ2n) is 4.42. The van der Waals surface area contributed by atoms with Gasteiger partial charge >= 0.3 is 0 Å². The molecule has 0 aliphatic heterocycles. The zero-order valence-corrected chi connectivity index (χ0v) is 9.66. The Morgan fingerprint density at radius 2 is 1.73 bits per heavy atom. The molecule has 0 spiro atoms. The zero-order chi connectivity index (χ0) is 10.7. The van der Waals surface area contributed by atoms with E-state index in [0.717, 1.165) is 0 Å². The molecule has 1 aliphatic rings. The zero-order valence-electron chi connectivity index (χ0n) is 9.66. The van der Waals surface area contributed by atoms with Crippen molar-refractivity contribution in [3.8, 4) is 0 Å². The Morgan fingerprint density at radius 1 is 1.00 bits per heavy atom. The largest absolute Gasteiger partial charge is 0.378 e. The van der Waals surface area contributed by atoms with Crippen LogP contribution in [0.3, 0.4) is 0 Å². The minimum absolute atomic E-state index is 1.25. The molecule has 0 radical (unpaired) electrons. The molecule has 0 unspecified atom stereocenters. The van der Waals surface area contributed by atoms with E-state index in [4.69, 9.17) is 0 Å². The molecule has 1 heteroatoms. The number of hydrogen-bond donors (Lipinski definition) is 0. The molecule has 1 aromatic carbocycles. The summed E-state index contributed by atoms with van der Waals surface area (Å²) in [5, 5.41) is 0. The van der Waals surface area contributed by atoms with Gasteiger partial charge in [-0.3, -0.25) is 0 Å². The first kappa shape index (κ1) is 10.3. The van der Waals surface area contributed by atoms with Crippen LogP contribution in [-0.2, 0) is 0 Å². The maximum Gasteiger partial charge on any atom is 0.0361 e. The third kappa shape index (κ3) is 2.41. The number of anilines is 1. The van der Waals surface area contributed by atoms with E-state index in [0.29, 0.717) is 0 Å². The molecule has 0 atom stereocenters. The predicted molar refractivity (Wildman–Crippen MR) is 67.2 cm³/mol. The minimum atomic E-state index is 1.25. The standard InChI is InChI=1S/C14H19N/c1-15(2)14-10-8-13(9-11-14)12-6-4-3-5-7-12/h6,8-11H,3-5,7H2,1-2H3. The van der Waals surface area contributed by atoms with Gasteiger partial charge in [0.25, 0.3) is 0 Å². The second kappa shape index (κ2) is 4.52. The fourth-order valence-corrected chi connectivity index (χ4v) is 2.07. The van der Waals surface area contributed by atoms with Crippen LogP contribution in [0.25, 0.3) is 5.57 Å². The van der Waals surface area contributed by atoms with Crippen molar-refractivity contribution in [2.24, 2.45) is 0 Å². The van der Waals surface area contributed by atoms with Crippen molar-refractivity contribution in [2.75, 3.05) is 19.0 Å². The third-order valence-electron chi connectivity index (χ3n) is 3.05. The van der Waals surface area contributed by atoms with Crippen LogP contribution in [-0.4, -0.2) is 14.1 Å². The Balaban J connectivity index is 2.19. The third-order valence-corrected chi connectivity index (χ3v) is 3.05. The molecule has 0 heterocycles. The van der Waals surface area contributed by atoms with Crippen LogP contribution in [0.15, 0.2) is 30.3 Å². The number of rotatable bonds is 2. The van der Waals surface area contributed by atoms with Gasteiger partial charge in [-0.25, -0.2) is 0 Å². The Bertz CT molecular complexity index is 346. The SMILES string of the molecule is CN(C)c1ccc(C2=CCCCC2)cc1. The maximum absolute atomic E-state index is 2.40. The first-order valence-corrected chi connectivity index (χ1v) is 5.74. The van der Waals surface area contributed by atoms with Crippen molar-refractivity contribution in [1.29, 1.82) is 0 Å². The maximum atomic E-state index is 2.40. The molecule has 0 aromatic heterocycles. The topological polar surface area (TPSA) is 3.24 Å². The highest BCUT2D eigenvalue weighted by molar-refractivity contribution is 5.67. The van der Waals surface area contributed by atoms with E-state index in [9.17, 15) is 0 Å². The summed E-state index contributed by atoms with van der Waals surface area (Å²) >= 11 is 0. The van der Waals surface area contributed by atoms with Crippen molar-refractivity contribution in [1.82, 2.24) is 0 Å². The minimum Gasteiger partial charge on any atom is -0.378 e. The van der Waals surface area contributed by atoms with Crippen LogP contribution in [0.4, 0.5) is 5.69 Å². The molecule has 0 amide bonds. The van der Waals surface area contributed by atoms with Gasteiger partial charge < -0.3 is 4.90 Å². The van der Waals surface area contributed by atoms with E-state index < -0.39 is 0 Å². The monoisotopic (exact) mass is 201 g/mol. The van der Waals surface area contributed by atoms with Crippen LogP contribution >= 0.6 is 0 Å². The molecule has 0 N–H and O–H groups in total. The summed E-state index contributed by atoms with van der Waals surface area (Å²) in [5.41, 5.74) is 4.21. The lowest BCUT2D eigenvalue weighted by Crippen LogP contribution is -2.08. The van der Waals surface area contributed by atoms with Gasteiger partial charge in [-0.05, 0) is 49.0 Å². The number of hydrogen-bond acceptors (Lipinski definition) is 1. The van der Waals surface area contributed by atoms with Crippen molar-refractivity contribution in [2.45, 2.75) is 25.7 Å². The van der Waals surface area contributed by atoms with Gasteiger partial charge in [0.15, 0.2) is 0 Å². The van der Waals surface area contributed by atoms with Crippen LogP contribution < -0.4 is 4.90 Å². The normalized spacial score (nSPS) is 16.0. The molecular formula is C14H19N. The van der Waals surface area contributed by atoms with E-state index in [-0.39, 0.29) is 0 Å². The Kier molecular flexibility index (Phi) is 3.10. The second-order valence-corrected chi connectivity index (χ2v) is 4.42. The Hall–Kier alpha value is -1.24. The lowest BCUT2D eigenvalue weighted by molar-refractivity contribution is 0.742. The quantitative estimate of drug-likeness (QED) is 0.705. The molecule has 1 aromatic rings. The summed E-state index contributed by atoms with van der Waals surface area (Å²) in [5.74, 6) is 0. The van der Waals surface area contributed by atoms with Gasteiger partial charge in [0, 0.05) is 19.8 Å². The number of allylic oxidation sites excluding steroid dienone is 2. The molecule has 0 saturated heterocycles. The number of benzene rings is 1. The average Bonchev–Trinajstić information content (AvgIpc) is 2.30. The van der Waals surface area contributed by atoms with Gasteiger partial charge in [-0.2, -0.15) is 0 Å². The smallest absolute Gasteiger partial charge is 0.0361 e. The molecule has 0 saturated carbocycles. The molecule has 2 rings (SSSR count). The highest BCUT2D eigenvalue weighted by atomic mass is 15.1. The summed E-state index contributed by atoms with van der Waals surface area (Å²) in [6.45, 7) is 0. The summed E-state index contributed by atoms with van der Waals surface area (Å²) in [6.07, 6.45) is 7.61. The first-order chi connectivity index (χ1) is 7.27. The summed E-state index contributed by atoms with van der Waals surface area (Å²) in [7, 11) is 4.16. The predicted octanol–water partition coefficient (Wildman–Crippen LogP) is 3.71. The summed E-state index contributed by atoms with van der Waals surface area (Å²) in [4.78, 5) is 2.14. The lowest BCUT2D eigenvalue weighted by atomic mass is 9.94. The van der Waals surface area contributed by atoms with Crippen molar-refractivity contribution in [3.63, 3.8) is 0 Å². The van der Waals surface area contributed by atoms with Gasteiger partial charge in [0.05, 0.1) is 0 Å². The highest BCUT2D eigenvalue weighted by Crippen LogP contribution is 2.27. The molecule has 0 fully saturated rings. The van der Waals surface area contributed by atoms with Crippen LogP contribution in [0.5, 0.6) is 0 Å². The molecular weight excluding hydrogens is 182 g/mol.